The van der Waals surface area contributed by atoms with Gasteiger partial charge in [0.25, 0.3) is 6.71 Å². The highest BCUT2D eigenvalue weighted by molar-refractivity contribution is 7.01. The van der Waals surface area contributed by atoms with Crippen LogP contribution in [-0.2, 0) is 5.41 Å². The Kier molecular flexibility index (Phi) is 7.31. The Morgan fingerprint density at radius 2 is 1.03 bits per heavy atom. The third-order valence-corrected chi connectivity index (χ3v) is 16.2. The molecule has 4 aliphatic rings. The molecule has 4 heteroatoms. The molecular weight excluding hydrogens is 786 g/mol. The molecule has 1 fully saturated rings. The van der Waals surface area contributed by atoms with Gasteiger partial charge in [-0.05, 0) is 118 Å². The first kappa shape index (κ1) is 35.9. The minimum Gasteiger partial charge on any atom is -0.311 e. The van der Waals surface area contributed by atoms with E-state index in [9.17, 15) is 0 Å². The van der Waals surface area contributed by atoms with E-state index in [1.54, 1.807) is 5.56 Å². The second-order valence-corrected chi connectivity index (χ2v) is 18.9. The van der Waals surface area contributed by atoms with Crippen LogP contribution in [0.4, 0.5) is 34.1 Å². The molecule has 2 aliphatic heterocycles. The number of fused-ring (bicyclic) bond motifs is 15. The molecule has 0 bridgehead atoms. The molecule has 0 N–H and O–H groups in total. The van der Waals surface area contributed by atoms with Gasteiger partial charge in [-0.3, -0.25) is 0 Å². The van der Waals surface area contributed by atoms with Crippen LogP contribution in [0.15, 0.2) is 206 Å². The predicted octanol–water partition coefficient (Wildman–Crippen LogP) is 13.5. The number of nitrogens with zero attached hydrogens (tertiary/aromatic N) is 3. The van der Waals surface area contributed by atoms with Gasteiger partial charge in [0.2, 0.25) is 0 Å². The van der Waals surface area contributed by atoms with Gasteiger partial charge in [-0.1, -0.05) is 165 Å². The van der Waals surface area contributed by atoms with Crippen LogP contribution >= 0.6 is 0 Å². The predicted molar refractivity (Wildman–Crippen MR) is 273 cm³/mol. The zero-order chi connectivity index (χ0) is 42.4. The van der Waals surface area contributed by atoms with E-state index in [1.165, 1.54) is 131 Å². The van der Waals surface area contributed by atoms with Crippen molar-refractivity contribution in [2.75, 3.05) is 9.80 Å². The first-order chi connectivity index (χ1) is 32.3. The molecule has 306 valence electrons. The van der Waals surface area contributed by atoms with E-state index in [2.05, 4.69) is 220 Å². The summed E-state index contributed by atoms with van der Waals surface area (Å²) in [6.07, 6.45) is 4.91. The second-order valence-electron chi connectivity index (χ2n) is 18.9. The number of para-hydroxylation sites is 4. The highest BCUT2D eigenvalue weighted by Gasteiger charge is 2.57. The minimum atomic E-state index is -0.277. The van der Waals surface area contributed by atoms with Crippen molar-refractivity contribution in [2.24, 2.45) is 5.92 Å². The molecule has 2 aliphatic carbocycles. The number of rotatable bonds is 4. The molecule has 3 nitrogen and oxygen atoms in total. The zero-order valence-electron chi connectivity index (χ0n) is 36.0. The van der Waals surface area contributed by atoms with Gasteiger partial charge in [0.05, 0.1) is 22.2 Å². The lowest BCUT2D eigenvalue weighted by Crippen LogP contribution is -2.62. The molecule has 15 rings (SSSR count). The maximum absolute atomic E-state index is 2.62. The summed E-state index contributed by atoms with van der Waals surface area (Å²) in [5.74, 6) is 0.844. The summed E-state index contributed by atoms with van der Waals surface area (Å²) in [7, 11) is 0. The molecule has 0 saturated heterocycles. The molecule has 11 aromatic rings. The quantitative estimate of drug-likeness (QED) is 0.164. The van der Waals surface area contributed by atoms with Crippen molar-refractivity contribution in [1.82, 2.24) is 4.40 Å². The Balaban J connectivity index is 1.12. The van der Waals surface area contributed by atoms with Crippen molar-refractivity contribution < 1.29 is 0 Å². The average molecular weight is 830 g/mol. The number of hydrogen-bond acceptors (Lipinski definition) is 2. The standard InChI is InChI=1S/C61H44BN3/c1-5-19-39(20-6-1)61(40-21-7-2-8-22-40)47-31-15-13-28-45(47)55-48(61)35-37-54-58(55)62-49-36-38-51-56(46-30-17-29-44-43-27-14-16-32-50(43)65(51)59(44)46)60(49)64(42-25-11-4-12-26-42)53-34-18-33-52(57(53)62)63(54)41-23-9-3-10-24-41/h1-12,14,16-27,29-30,32-38,45,47H,13,15,28,31H2. The minimum absolute atomic E-state index is 0.00667. The molecule has 65 heavy (non-hydrogen) atoms. The number of aromatic nitrogens is 1. The second kappa shape index (κ2) is 13.2. The summed E-state index contributed by atoms with van der Waals surface area (Å²) < 4.78 is 2.55. The largest absolute Gasteiger partial charge is 0.311 e. The topological polar surface area (TPSA) is 10.9 Å². The molecule has 0 spiro atoms. The Morgan fingerprint density at radius 1 is 0.446 bits per heavy atom. The molecule has 9 aromatic carbocycles. The Morgan fingerprint density at radius 3 is 1.77 bits per heavy atom. The molecule has 2 atom stereocenters. The van der Waals surface area contributed by atoms with Crippen LogP contribution in [0.5, 0.6) is 0 Å². The van der Waals surface area contributed by atoms with Crippen LogP contribution in [0.2, 0.25) is 0 Å². The molecular formula is C61H44BN3. The fourth-order valence-electron chi connectivity index (χ4n) is 14.0. The third kappa shape index (κ3) is 4.52. The van der Waals surface area contributed by atoms with Crippen LogP contribution in [0.1, 0.15) is 53.9 Å². The van der Waals surface area contributed by atoms with E-state index in [4.69, 9.17) is 0 Å². The molecule has 0 amide bonds. The van der Waals surface area contributed by atoms with Gasteiger partial charge in [0.15, 0.2) is 0 Å². The Bertz CT molecular complexity index is 3650. The summed E-state index contributed by atoms with van der Waals surface area (Å²) in [6.45, 7) is 0.00667. The van der Waals surface area contributed by atoms with E-state index in [0.29, 0.717) is 11.8 Å². The van der Waals surface area contributed by atoms with E-state index in [0.717, 1.165) is 0 Å². The van der Waals surface area contributed by atoms with Crippen molar-refractivity contribution in [3.63, 3.8) is 0 Å². The first-order valence-corrected chi connectivity index (χ1v) is 23.6. The number of benzene rings is 9. The van der Waals surface area contributed by atoms with Crippen LogP contribution in [0.3, 0.4) is 0 Å². The summed E-state index contributed by atoms with van der Waals surface area (Å²) in [5, 5.41) is 5.26. The van der Waals surface area contributed by atoms with Gasteiger partial charge in [0.1, 0.15) is 0 Å². The van der Waals surface area contributed by atoms with Crippen molar-refractivity contribution >= 4 is 95.3 Å². The normalized spacial score (nSPS) is 17.9. The van der Waals surface area contributed by atoms with Gasteiger partial charge < -0.3 is 14.2 Å². The molecule has 2 aromatic heterocycles. The fraction of sp³-hybridized carbons (Fsp3) is 0.115. The number of anilines is 6. The fourth-order valence-corrected chi connectivity index (χ4v) is 14.0. The SMILES string of the molecule is c1ccc(N2c3cccc4c3B(c3ccc5c(c3N4c3ccccc3)c3cccc4c6ccccc6n5c43)c3c2ccc2c3C3CCCCC3C2(c2ccccc2)c2ccccc2)cc1. The van der Waals surface area contributed by atoms with Crippen LogP contribution in [-0.4, -0.2) is 11.1 Å². The third-order valence-electron chi connectivity index (χ3n) is 16.2. The number of hydrogen-bond donors (Lipinski definition) is 0. The van der Waals surface area contributed by atoms with E-state index >= 15 is 0 Å². The Labute approximate surface area is 379 Å². The van der Waals surface area contributed by atoms with Crippen LogP contribution < -0.4 is 26.2 Å². The van der Waals surface area contributed by atoms with Crippen LogP contribution in [0, 0.1) is 5.92 Å². The van der Waals surface area contributed by atoms with Crippen molar-refractivity contribution in [2.45, 2.75) is 37.0 Å². The first-order valence-electron chi connectivity index (χ1n) is 23.6. The zero-order valence-corrected chi connectivity index (χ0v) is 36.0. The van der Waals surface area contributed by atoms with E-state index in [1.807, 2.05) is 0 Å². The lowest BCUT2D eigenvalue weighted by atomic mass is 9.32. The van der Waals surface area contributed by atoms with Crippen molar-refractivity contribution in [1.29, 1.82) is 0 Å². The maximum atomic E-state index is 2.62. The summed E-state index contributed by atoms with van der Waals surface area (Å²) in [4.78, 5) is 5.23. The Hall–Kier alpha value is -7.56. The van der Waals surface area contributed by atoms with E-state index in [-0.39, 0.29) is 12.1 Å². The lowest BCUT2D eigenvalue weighted by Gasteiger charge is -2.45. The molecule has 1 saturated carbocycles. The van der Waals surface area contributed by atoms with Gasteiger partial charge in [-0.25, -0.2) is 0 Å². The average Bonchev–Trinajstić information content (AvgIpc) is 4.01. The smallest absolute Gasteiger partial charge is 0.252 e. The van der Waals surface area contributed by atoms with Gasteiger partial charge in [-0.2, -0.15) is 0 Å². The van der Waals surface area contributed by atoms with Gasteiger partial charge in [-0.15, -0.1) is 0 Å². The van der Waals surface area contributed by atoms with Gasteiger partial charge >= 0.3 is 0 Å². The highest BCUT2D eigenvalue weighted by Crippen LogP contribution is 2.63. The van der Waals surface area contributed by atoms with E-state index < -0.39 is 0 Å². The molecule has 4 heterocycles. The van der Waals surface area contributed by atoms with Crippen molar-refractivity contribution in [3.8, 4) is 0 Å². The summed E-state index contributed by atoms with van der Waals surface area (Å²) >= 11 is 0. The molecule has 0 radical (unpaired) electrons. The maximum Gasteiger partial charge on any atom is 0.252 e. The molecule has 2 unspecified atom stereocenters. The summed E-state index contributed by atoms with van der Waals surface area (Å²) in [5.41, 5.74) is 21.2. The van der Waals surface area contributed by atoms with Crippen molar-refractivity contribution in [3.05, 3.63) is 229 Å². The lowest BCUT2D eigenvalue weighted by molar-refractivity contribution is 0.263. The summed E-state index contributed by atoms with van der Waals surface area (Å²) in [6, 6.07) is 78.6. The monoisotopic (exact) mass is 829 g/mol. The van der Waals surface area contributed by atoms with Gasteiger partial charge in [0, 0.05) is 55.4 Å². The van der Waals surface area contributed by atoms with Crippen LogP contribution in [0.25, 0.3) is 38.1 Å². The highest BCUT2D eigenvalue weighted by atomic mass is 15.2.